The van der Waals surface area contributed by atoms with Crippen LogP contribution >= 0.6 is 57.9 Å². The Hall–Kier alpha value is -11.6. The third-order valence-electron chi connectivity index (χ3n) is 24.6. The van der Waals surface area contributed by atoms with Crippen molar-refractivity contribution in [3.05, 3.63) is 169 Å². The summed E-state index contributed by atoms with van der Waals surface area (Å²) in [4.78, 5) is 174. The van der Waals surface area contributed by atoms with Crippen LogP contribution in [0, 0.1) is 17.8 Å². The number of hydrogen-bond acceptors (Lipinski definition) is 36. The number of Topliss-reactive ketones (excluding diaryl/α,β-unsaturated/α-hetero) is 4. The molecule has 9 aliphatic rings. The molecule has 0 spiro atoms. The summed E-state index contributed by atoms with van der Waals surface area (Å²) in [6.07, 6.45) is -18.5. The highest BCUT2D eigenvalue weighted by molar-refractivity contribution is 8.00. The summed E-state index contributed by atoms with van der Waals surface area (Å²) in [6.45, 7) is 4.89. The fraction of sp³-hybridized carbons (Fsp3) is 0.435. The van der Waals surface area contributed by atoms with Crippen molar-refractivity contribution in [1.29, 1.82) is 0 Å². The van der Waals surface area contributed by atoms with E-state index < -0.39 is 297 Å². The number of anilines is 1. The molecule has 2 aromatic heterocycles. The van der Waals surface area contributed by atoms with Gasteiger partial charge in [0, 0.05) is 91.3 Å². The lowest BCUT2D eigenvalue weighted by atomic mass is 9.84. The van der Waals surface area contributed by atoms with E-state index in [0.29, 0.717) is 5.57 Å². The fourth-order valence-corrected chi connectivity index (χ4v) is 20.3. The number of thiazole rings is 1. The van der Waals surface area contributed by atoms with Gasteiger partial charge in [0.15, 0.2) is 76.8 Å². The van der Waals surface area contributed by atoms with E-state index in [0.717, 1.165) is 76.9 Å². The number of aliphatic hydroxyl groups is 6. The Morgan fingerprint density at radius 1 is 0.783 bits per heavy atom. The number of carbonyl (C=O) groups is 11. The normalized spacial score (nSPS) is 27.0. The van der Waals surface area contributed by atoms with Crippen LogP contribution in [0.3, 0.4) is 0 Å². The summed E-state index contributed by atoms with van der Waals surface area (Å²) < 4.78 is 46.4. The first-order chi connectivity index (χ1) is 65.6. The molecule has 0 aliphatic carbocycles. The minimum absolute atomic E-state index is 0.0496. The first-order valence-electron chi connectivity index (χ1n) is 43.9. The number of halogens is 3. The molecule has 5 aromatic carbocycles. The van der Waals surface area contributed by atoms with E-state index in [1.54, 1.807) is 35.2 Å². The van der Waals surface area contributed by atoms with E-state index in [1.807, 2.05) is 13.8 Å². The molecule has 41 nitrogen and oxygen atoms in total. The summed E-state index contributed by atoms with van der Waals surface area (Å²) in [5, 5.41) is 135. The maximum atomic E-state index is 16.5. The second-order valence-corrected chi connectivity index (χ2v) is 38.6. The number of fused-ring (bicyclic) bond motifs is 16. The highest BCUT2D eigenvalue weighted by Gasteiger charge is 2.55. The number of pyridine rings is 1. The molecule has 20 N–H and O–H groups in total. The van der Waals surface area contributed by atoms with Gasteiger partial charge in [-0.1, -0.05) is 89.4 Å². The van der Waals surface area contributed by atoms with Gasteiger partial charge in [-0.2, -0.15) is 0 Å². The number of primary amides is 1. The summed E-state index contributed by atoms with van der Waals surface area (Å²) in [5.41, 5.74) is 14.2. The first kappa shape index (κ1) is 102. The molecule has 16 rings (SSSR count). The minimum atomic E-state index is -2.29. The number of nitrogens with zero attached hydrogens (tertiary/aromatic N) is 4. The number of carbonyl (C=O) groups excluding carboxylic acids is 11. The Labute approximate surface area is 810 Å². The third kappa shape index (κ3) is 22.5. The second kappa shape index (κ2) is 43.4. The maximum Gasteiger partial charge on any atom is 0.246 e. The van der Waals surface area contributed by atoms with Crippen molar-refractivity contribution in [2.75, 3.05) is 45.0 Å². The van der Waals surface area contributed by atoms with Gasteiger partial charge in [-0.25, -0.2) is 9.55 Å². The van der Waals surface area contributed by atoms with Crippen LogP contribution in [0.2, 0.25) is 14.4 Å². The standard InChI is InChI=1S/C92H101Cl3N12O29S2/c1-38(2)22-53(99-5)85(124)102-71-57(113)26-44(29-65(96)116)83(122)100-68-43-27-62(132-60-15-12-41(75(71)117)24-51(60)93)79(136-90-80(78(120)77(119)64(36-108)134-90)135-66-34-92(4,98)81(121)39(3)131-66)63(28-43)133-61-16-13-42(25-52(61)94)76(118)73-86(125)101-69(49-30-46(109)31-56(112)67(49)48-23-40(11-14-54(48)110)47(32-58(68)114)84(123)103-73)55(111)10-9-19-129-20-21-130-105-70(72-82(95)138-91(97)104-72)59(115)33-50-87(126)107-74(89(127)128)45(37-137-88(50)107)35-106-17-7-6-8-18-106/h6-8,11-18,23-25,27-28,30-31,38-39,44,47,50,53,64,66,68-69,71,73,75-78,80-81,88,90,99,108,117-121H,9-10,19-22,26,29,32-37,98H2,1-5H3,(H11-,96,97,100,101,102,103,104,105,109,110,112,115,116,122,123,124,125,127,128)/t39-,44-,47?,50+,53+,64+,66-,68+,69-,71?,73-,75+,76+,77+,78-,80+,81+,88+,90-,92-/m0/s1. The van der Waals surface area contributed by atoms with Crippen molar-refractivity contribution in [2.45, 2.75) is 194 Å². The number of aromatic nitrogens is 2. The predicted octanol–water partition coefficient (Wildman–Crippen LogP) is 2.96. The molecule has 6 amide bonds. The third-order valence-corrected chi connectivity index (χ3v) is 27.7. The van der Waals surface area contributed by atoms with E-state index in [-0.39, 0.29) is 106 Å². The average Bonchev–Trinajstić information content (AvgIpc) is 0.761. The zero-order chi connectivity index (χ0) is 99.5. The van der Waals surface area contributed by atoms with E-state index in [9.17, 15) is 75.0 Å². The summed E-state index contributed by atoms with van der Waals surface area (Å²) in [7, 11) is 1.49. The number of amides is 6. The van der Waals surface area contributed by atoms with Crippen LogP contribution in [0.1, 0.15) is 143 Å². The van der Waals surface area contributed by atoms with Crippen LogP contribution in [0.4, 0.5) is 5.13 Å². The number of hydrogen-bond donors (Lipinski definition) is 17. The molecule has 3 saturated heterocycles. The summed E-state index contributed by atoms with van der Waals surface area (Å²) >= 11 is 23.0. The van der Waals surface area contributed by atoms with E-state index in [2.05, 4.69) is 36.7 Å². The number of nitrogens with two attached hydrogens (primary N) is 3. The number of aliphatic carboxylic acids is 1. The van der Waals surface area contributed by atoms with Gasteiger partial charge < -0.3 is 138 Å². The number of thioether (sulfide) groups is 1. The van der Waals surface area contributed by atoms with Crippen molar-refractivity contribution in [1.82, 2.24) is 36.5 Å². The number of nitrogens with one attached hydrogen (secondary N) is 5. The van der Waals surface area contributed by atoms with Crippen LogP contribution < -0.4 is 67.7 Å². The molecule has 2 unspecified atom stereocenters. The number of β-lactam (4-membered cyclic amide) rings is 1. The quantitative estimate of drug-likeness (QED) is 0.0110. The minimum Gasteiger partial charge on any atom is -0.543 e. The fourth-order valence-electron chi connectivity index (χ4n) is 17.5. The van der Waals surface area contributed by atoms with Crippen molar-refractivity contribution in [3.63, 3.8) is 0 Å². The predicted molar refractivity (Wildman–Crippen MR) is 488 cm³/mol. The number of nitrogen functional groups attached to an aromatic ring is 1. The number of phenols is 3. The molecular formula is C92H101Cl3N12O29S2. The number of oxime groups is 1. The lowest BCUT2D eigenvalue weighted by molar-refractivity contribution is -0.689. The number of carboxylic acid groups (broad SMARTS) is 1. The highest BCUT2D eigenvalue weighted by atomic mass is 35.5. The number of carboxylic acids is 1. The first-order valence-corrected chi connectivity index (χ1v) is 46.9. The molecule has 11 bridgehead atoms. The number of ether oxygens (including phenoxy) is 7. The number of aromatic hydroxyl groups is 3. The zero-order valence-electron chi connectivity index (χ0n) is 74.5. The van der Waals surface area contributed by atoms with Crippen molar-refractivity contribution >= 4 is 133 Å². The summed E-state index contributed by atoms with van der Waals surface area (Å²) in [6, 6.07) is 10.1. The smallest absolute Gasteiger partial charge is 0.246 e. The van der Waals surface area contributed by atoms with Gasteiger partial charge in [0.1, 0.15) is 100 Å². The zero-order valence-corrected chi connectivity index (χ0v) is 78.4. The van der Waals surface area contributed by atoms with Crippen LogP contribution in [-0.4, -0.2) is 244 Å². The molecule has 7 aromatic rings. The van der Waals surface area contributed by atoms with E-state index in [4.69, 9.17) is 90.0 Å². The molecule has 20 atom stereocenters. The largest absolute Gasteiger partial charge is 0.543 e. The lowest BCUT2D eigenvalue weighted by Crippen LogP contribution is -2.64. The number of ketones is 4. The van der Waals surface area contributed by atoms with E-state index in [1.165, 1.54) is 50.9 Å². The molecule has 11 heterocycles. The molecule has 736 valence electrons. The Morgan fingerprint density at radius 3 is 2.09 bits per heavy atom. The number of likely N-dealkylation sites (N-methyl/N-ethyl adjacent to an activating group) is 1. The van der Waals surface area contributed by atoms with Crippen LogP contribution in [0.15, 0.2) is 126 Å². The van der Waals surface area contributed by atoms with Crippen molar-refractivity contribution < 1.29 is 146 Å². The van der Waals surface area contributed by atoms with Gasteiger partial charge in [-0.15, -0.1) is 11.8 Å². The second-order valence-electron chi connectivity index (χ2n) is 35.0. The Balaban J connectivity index is 0.818. The topological polar surface area (TPSA) is 637 Å². The van der Waals surface area contributed by atoms with Crippen LogP contribution in [0.25, 0.3) is 11.1 Å². The number of benzene rings is 5. The SMILES string of the molecule is CN[C@H](CC(C)C)C(=O)NC1C(=O)C[C@@H](CC(N)=O)C(=O)N[C@H]2C(=O)CC3C(=O)N[C@H](C(=O)N[C@H](C(=O)CCCOCCO/N=C(\C(=O)C[C@@H]4C(=O)N5C(C(=O)[O-])=C(C[n+]6ccccc6)CS[C@H]45)c4nc(N)sc4Cl)c4cc(O)cc(O)c4-c4cc3ccc4O)[C@H](O)c3ccc(c(Cl)c3)Oc3cc2cc(c3O[C@@H]2O[C@H](CO)[C@@H](O)[C@H](O)[C@H]2O[C@H]2C[C@](C)(N)[C@H](O)[C@H](C)O2)Oc2ccc(cc2Cl)[C@H]1O. The molecule has 138 heavy (non-hydrogen) atoms. The lowest BCUT2D eigenvalue weighted by Gasteiger charge is -2.50. The van der Waals surface area contributed by atoms with Gasteiger partial charge in [0.2, 0.25) is 47.5 Å². The Kier molecular flexibility index (Phi) is 32.2. The van der Waals surface area contributed by atoms with Gasteiger partial charge >= 0.3 is 0 Å². The average molecular weight is 2010 g/mol. The number of rotatable bonds is 28. The molecular weight excluding hydrogens is 1910 g/mol. The number of aliphatic hydroxyl groups excluding tert-OH is 6. The van der Waals surface area contributed by atoms with Crippen molar-refractivity contribution in [3.8, 4) is 57.1 Å². The van der Waals surface area contributed by atoms with Crippen LogP contribution in [0.5, 0.6) is 46.0 Å². The monoisotopic (exact) mass is 2010 g/mol. The Morgan fingerprint density at radius 2 is 1.46 bits per heavy atom. The van der Waals surface area contributed by atoms with Crippen LogP contribution in [-0.2, 0) is 83.1 Å². The molecule has 3 fully saturated rings. The highest BCUT2D eigenvalue weighted by Crippen LogP contribution is 2.52. The van der Waals surface area contributed by atoms with Gasteiger partial charge in [-0.05, 0) is 122 Å². The van der Waals surface area contributed by atoms with Gasteiger partial charge in [-0.3, -0.25) is 52.8 Å². The van der Waals surface area contributed by atoms with E-state index >= 15 is 28.8 Å². The molecule has 0 radical (unpaired) electrons. The van der Waals surface area contributed by atoms with Gasteiger partial charge in [0.05, 0.1) is 76.3 Å². The Bertz CT molecular complexity index is 5960. The molecule has 9 aliphatic heterocycles. The number of phenolic OH excluding ortho intramolecular Hbond substituents is 3. The molecule has 46 heteroatoms. The summed E-state index contributed by atoms with van der Waals surface area (Å²) in [5.74, 6) is -21.8. The van der Waals surface area contributed by atoms with Crippen molar-refractivity contribution in [2.24, 2.45) is 34.4 Å². The molecule has 0 saturated carbocycles. The maximum absolute atomic E-state index is 16.5. The van der Waals surface area contributed by atoms with Gasteiger partial charge in [0.25, 0.3) is 0 Å².